The summed E-state index contributed by atoms with van der Waals surface area (Å²) in [7, 11) is 0. The van der Waals surface area contributed by atoms with E-state index in [9.17, 15) is 13.9 Å². The van der Waals surface area contributed by atoms with Crippen LogP contribution in [0.25, 0.3) is 21.9 Å². The highest BCUT2D eigenvalue weighted by Crippen LogP contribution is 2.45. The maximum Gasteiger partial charge on any atom is 0.225 e. The molecule has 0 radical (unpaired) electrons. The molecule has 0 atom stereocenters. The average molecular weight is 474 g/mol. The number of fused-ring (bicyclic) bond motifs is 1. The summed E-state index contributed by atoms with van der Waals surface area (Å²) in [6.07, 6.45) is 4.72. The third kappa shape index (κ3) is 5.14. The molecule has 2 N–H and O–H groups in total. The molecule has 182 valence electrons. The van der Waals surface area contributed by atoms with Crippen LogP contribution in [0.4, 0.5) is 8.78 Å². The van der Waals surface area contributed by atoms with Crippen LogP contribution in [0.1, 0.15) is 50.6 Å². The van der Waals surface area contributed by atoms with Crippen LogP contribution in [0.3, 0.4) is 0 Å². The molecule has 2 aliphatic rings. The van der Waals surface area contributed by atoms with Gasteiger partial charge in [0.2, 0.25) is 5.88 Å². The van der Waals surface area contributed by atoms with E-state index in [1.54, 1.807) is 25.1 Å². The van der Waals surface area contributed by atoms with Crippen LogP contribution in [0.5, 0.6) is 11.6 Å². The van der Waals surface area contributed by atoms with E-state index in [4.69, 9.17) is 19.7 Å². The molecule has 1 aliphatic carbocycles. The molecule has 3 aromatic rings. The number of hydrogen-bond acceptors (Lipinski definition) is 6. The SMILES string of the molecule is CCOO.Oc1cccc2c(-c3ccc(F)c(F)c3)c(C3CCOCC3)nc(OC3CCC3)c12. The summed E-state index contributed by atoms with van der Waals surface area (Å²) in [5.41, 5.74) is 2.04. The second-order valence-electron chi connectivity index (χ2n) is 8.48. The van der Waals surface area contributed by atoms with Crippen molar-refractivity contribution in [1.82, 2.24) is 4.98 Å². The van der Waals surface area contributed by atoms with Crippen molar-refractivity contribution in [1.29, 1.82) is 0 Å². The first-order chi connectivity index (χ1) is 16.5. The second-order valence-corrected chi connectivity index (χ2v) is 8.48. The largest absolute Gasteiger partial charge is 0.507 e. The normalized spacial score (nSPS) is 16.6. The molecule has 8 heteroatoms. The van der Waals surface area contributed by atoms with Gasteiger partial charge in [0.25, 0.3) is 0 Å². The maximum atomic E-state index is 14.1. The van der Waals surface area contributed by atoms with Crippen molar-refractivity contribution < 1.29 is 33.5 Å². The van der Waals surface area contributed by atoms with Gasteiger partial charge in [-0.25, -0.2) is 18.7 Å². The number of pyridine rings is 1. The van der Waals surface area contributed by atoms with Crippen LogP contribution in [0.2, 0.25) is 0 Å². The standard InChI is InChI=1S/C24H23F2NO3.C2H6O2/c25-18-8-7-15(13-19(18)26)21-17-5-2-6-20(28)22(17)24(30-16-3-1-4-16)27-23(21)14-9-11-29-12-10-14;1-2-4-3/h2,5-8,13-14,16,28H,1,3-4,9-12H2;3H,2H2,1H3. The van der Waals surface area contributed by atoms with Gasteiger partial charge < -0.3 is 14.6 Å². The third-order valence-corrected chi connectivity index (χ3v) is 6.28. The van der Waals surface area contributed by atoms with Gasteiger partial charge in [-0.15, -0.1) is 0 Å². The molecular formula is C26H29F2NO5. The first-order valence-electron chi connectivity index (χ1n) is 11.6. The van der Waals surface area contributed by atoms with Crippen molar-refractivity contribution in [2.45, 2.75) is 51.0 Å². The van der Waals surface area contributed by atoms with E-state index in [1.165, 1.54) is 6.07 Å². The number of benzene rings is 2. The molecule has 0 unspecified atom stereocenters. The monoisotopic (exact) mass is 473 g/mol. The summed E-state index contributed by atoms with van der Waals surface area (Å²) in [4.78, 5) is 8.42. The molecule has 0 spiro atoms. The number of aromatic nitrogens is 1. The minimum atomic E-state index is -0.909. The van der Waals surface area contributed by atoms with Crippen LogP contribution >= 0.6 is 0 Å². The number of ether oxygens (including phenoxy) is 2. The van der Waals surface area contributed by atoms with Crippen molar-refractivity contribution in [3.05, 3.63) is 53.7 Å². The van der Waals surface area contributed by atoms with Crippen molar-refractivity contribution in [3.8, 4) is 22.8 Å². The Kier molecular flexibility index (Phi) is 7.92. The van der Waals surface area contributed by atoms with E-state index in [-0.39, 0.29) is 17.8 Å². The minimum absolute atomic E-state index is 0.0664. The lowest BCUT2D eigenvalue weighted by Crippen LogP contribution is -2.25. The highest BCUT2D eigenvalue weighted by Gasteiger charge is 2.28. The maximum absolute atomic E-state index is 14.1. The molecule has 2 fully saturated rings. The lowest BCUT2D eigenvalue weighted by Gasteiger charge is -2.29. The molecule has 2 aromatic carbocycles. The number of phenolic OH excluding ortho intramolecular Hbond substituents is 1. The topological polar surface area (TPSA) is 81.0 Å². The van der Waals surface area contributed by atoms with Gasteiger partial charge in [0, 0.05) is 30.1 Å². The van der Waals surface area contributed by atoms with Crippen LogP contribution in [-0.2, 0) is 9.62 Å². The molecule has 2 heterocycles. The fourth-order valence-corrected chi connectivity index (χ4v) is 4.29. The first kappa shape index (κ1) is 24.3. The Labute approximate surface area is 197 Å². The third-order valence-electron chi connectivity index (χ3n) is 6.28. The molecule has 34 heavy (non-hydrogen) atoms. The van der Waals surface area contributed by atoms with Crippen LogP contribution < -0.4 is 4.74 Å². The van der Waals surface area contributed by atoms with Crippen molar-refractivity contribution in [2.75, 3.05) is 19.8 Å². The number of nitrogens with zero attached hydrogens (tertiary/aromatic N) is 1. The van der Waals surface area contributed by atoms with Crippen LogP contribution in [0, 0.1) is 11.6 Å². The van der Waals surface area contributed by atoms with Gasteiger partial charge in [0.1, 0.15) is 11.9 Å². The van der Waals surface area contributed by atoms with Crippen LogP contribution in [-0.4, -0.2) is 41.3 Å². The van der Waals surface area contributed by atoms with Crippen molar-refractivity contribution in [2.24, 2.45) is 0 Å². The number of rotatable bonds is 5. The Morgan fingerprint density at radius 2 is 1.79 bits per heavy atom. The molecule has 1 aromatic heterocycles. The predicted molar refractivity (Wildman–Crippen MR) is 124 cm³/mol. The van der Waals surface area contributed by atoms with Crippen LogP contribution in [0.15, 0.2) is 36.4 Å². The molecule has 1 saturated heterocycles. The van der Waals surface area contributed by atoms with Crippen molar-refractivity contribution in [3.63, 3.8) is 0 Å². The Balaban J connectivity index is 0.000000636. The van der Waals surface area contributed by atoms with Gasteiger partial charge in [0.05, 0.1) is 17.7 Å². The fraction of sp³-hybridized carbons (Fsp3) is 0.423. The zero-order chi connectivity index (χ0) is 24.1. The zero-order valence-electron chi connectivity index (χ0n) is 19.1. The molecule has 1 aliphatic heterocycles. The van der Waals surface area contributed by atoms with E-state index in [2.05, 4.69) is 4.89 Å². The Morgan fingerprint density at radius 3 is 2.41 bits per heavy atom. The van der Waals surface area contributed by atoms with Gasteiger partial charge in [0.15, 0.2) is 11.6 Å². The average Bonchev–Trinajstić information content (AvgIpc) is 2.83. The Hall–Kier alpha value is -2.81. The molecule has 1 saturated carbocycles. The van der Waals surface area contributed by atoms with Gasteiger partial charge in [-0.05, 0) is 62.8 Å². The highest BCUT2D eigenvalue weighted by atomic mass is 19.2. The molecule has 0 bridgehead atoms. The fourth-order valence-electron chi connectivity index (χ4n) is 4.29. The number of hydrogen-bond donors (Lipinski definition) is 2. The molecular weight excluding hydrogens is 444 g/mol. The quantitative estimate of drug-likeness (QED) is 0.339. The number of aromatic hydroxyl groups is 1. The van der Waals surface area contributed by atoms with E-state index >= 15 is 0 Å². The van der Waals surface area contributed by atoms with Gasteiger partial charge in [-0.1, -0.05) is 18.2 Å². The summed E-state index contributed by atoms with van der Waals surface area (Å²) in [5, 5.41) is 19.3. The van der Waals surface area contributed by atoms with Gasteiger partial charge >= 0.3 is 0 Å². The van der Waals surface area contributed by atoms with E-state index in [0.29, 0.717) is 42.2 Å². The first-order valence-corrected chi connectivity index (χ1v) is 11.6. The highest BCUT2D eigenvalue weighted by molar-refractivity contribution is 6.03. The summed E-state index contributed by atoms with van der Waals surface area (Å²) < 4.78 is 39.5. The summed E-state index contributed by atoms with van der Waals surface area (Å²) in [5.74, 6) is -1.21. The summed E-state index contributed by atoms with van der Waals surface area (Å²) >= 11 is 0. The smallest absolute Gasteiger partial charge is 0.225 e. The summed E-state index contributed by atoms with van der Waals surface area (Å²) in [6.45, 7) is 3.33. The predicted octanol–water partition coefficient (Wildman–Crippen LogP) is 6.21. The lowest BCUT2D eigenvalue weighted by atomic mass is 9.87. The molecule has 0 amide bonds. The van der Waals surface area contributed by atoms with E-state index < -0.39 is 11.6 Å². The van der Waals surface area contributed by atoms with E-state index in [1.807, 2.05) is 6.07 Å². The second kappa shape index (κ2) is 11.1. The molecule has 5 rings (SSSR count). The number of phenols is 1. The van der Waals surface area contributed by atoms with Crippen molar-refractivity contribution >= 4 is 10.8 Å². The van der Waals surface area contributed by atoms with Gasteiger partial charge in [-0.2, -0.15) is 0 Å². The Morgan fingerprint density at radius 1 is 1.06 bits per heavy atom. The lowest BCUT2D eigenvalue weighted by molar-refractivity contribution is -0.237. The molecule has 6 nitrogen and oxygen atoms in total. The van der Waals surface area contributed by atoms with Gasteiger partial charge in [-0.3, -0.25) is 5.26 Å². The summed E-state index contributed by atoms with van der Waals surface area (Å²) in [6, 6.07) is 9.12. The van der Waals surface area contributed by atoms with E-state index in [0.717, 1.165) is 49.3 Å². The Bertz CT molecular complexity index is 1130. The number of halogens is 2. The zero-order valence-corrected chi connectivity index (χ0v) is 19.1. The minimum Gasteiger partial charge on any atom is -0.507 e.